The third kappa shape index (κ3) is 9.96. The third-order valence-corrected chi connectivity index (χ3v) is 1.89. The van der Waals surface area contributed by atoms with E-state index in [1.165, 1.54) is 0 Å². The Hall–Kier alpha value is -0.120. The van der Waals surface area contributed by atoms with Gasteiger partial charge in [-0.25, -0.2) is 0 Å². The van der Waals surface area contributed by atoms with Gasteiger partial charge in [-0.3, -0.25) is 0 Å². The average molecular weight is 203 g/mol. The second-order valence-corrected chi connectivity index (χ2v) is 4.68. The van der Waals surface area contributed by atoms with Gasteiger partial charge in [0.15, 0.2) is 6.29 Å². The van der Waals surface area contributed by atoms with Crippen LogP contribution in [0.25, 0.3) is 0 Å². The Morgan fingerprint density at radius 1 is 1.14 bits per heavy atom. The van der Waals surface area contributed by atoms with Crippen molar-refractivity contribution in [2.24, 2.45) is 5.73 Å². The van der Waals surface area contributed by atoms with Gasteiger partial charge < -0.3 is 15.6 Å². The van der Waals surface area contributed by atoms with E-state index in [4.69, 9.17) is 10.5 Å². The Morgan fingerprint density at radius 3 is 2.21 bits per heavy atom. The molecule has 1 atom stereocenters. The molecule has 14 heavy (non-hydrogen) atoms. The van der Waals surface area contributed by atoms with Gasteiger partial charge in [0.05, 0.1) is 5.60 Å². The summed E-state index contributed by atoms with van der Waals surface area (Å²) in [7, 11) is 0. The number of aliphatic hydroxyl groups is 1. The van der Waals surface area contributed by atoms with Crippen molar-refractivity contribution in [3.05, 3.63) is 0 Å². The van der Waals surface area contributed by atoms with E-state index < -0.39 is 6.29 Å². The second kappa shape index (κ2) is 7.21. The summed E-state index contributed by atoms with van der Waals surface area (Å²) in [6.07, 6.45) is 4.48. The van der Waals surface area contributed by atoms with Crippen LogP contribution in [0, 0.1) is 0 Å². The fourth-order valence-electron chi connectivity index (χ4n) is 1.28. The van der Waals surface area contributed by atoms with Crippen LogP contribution in [-0.2, 0) is 4.74 Å². The second-order valence-electron chi connectivity index (χ2n) is 4.68. The summed E-state index contributed by atoms with van der Waals surface area (Å²) < 4.78 is 5.38. The monoisotopic (exact) mass is 203 g/mol. The van der Waals surface area contributed by atoms with Gasteiger partial charge in [0.1, 0.15) is 0 Å². The highest BCUT2D eigenvalue weighted by molar-refractivity contribution is 4.60. The highest BCUT2D eigenvalue weighted by atomic mass is 16.6. The lowest BCUT2D eigenvalue weighted by Crippen LogP contribution is -2.27. The van der Waals surface area contributed by atoms with Crippen LogP contribution in [0.5, 0.6) is 0 Å². The fraction of sp³-hybridized carbons (Fsp3) is 1.00. The zero-order valence-electron chi connectivity index (χ0n) is 9.75. The van der Waals surface area contributed by atoms with Gasteiger partial charge in [-0.1, -0.05) is 12.8 Å². The van der Waals surface area contributed by atoms with Crippen LogP contribution < -0.4 is 5.73 Å². The normalized spacial score (nSPS) is 14.4. The summed E-state index contributed by atoms with van der Waals surface area (Å²) in [5, 5.41) is 9.49. The number of hydrogen-bond donors (Lipinski definition) is 2. The topological polar surface area (TPSA) is 55.5 Å². The van der Waals surface area contributed by atoms with E-state index in [-0.39, 0.29) is 5.60 Å². The number of aliphatic hydroxyl groups excluding tert-OH is 1. The van der Waals surface area contributed by atoms with Crippen LogP contribution in [0.1, 0.15) is 52.9 Å². The highest BCUT2D eigenvalue weighted by Crippen LogP contribution is 2.13. The smallest absolute Gasteiger partial charge is 0.155 e. The van der Waals surface area contributed by atoms with E-state index >= 15 is 0 Å². The third-order valence-electron chi connectivity index (χ3n) is 1.89. The molecule has 0 rings (SSSR count). The van der Waals surface area contributed by atoms with Crippen LogP contribution in [0.15, 0.2) is 0 Å². The van der Waals surface area contributed by atoms with E-state index in [0.717, 1.165) is 38.6 Å². The molecule has 0 radical (unpaired) electrons. The van der Waals surface area contributed by atoms with Gasteiger partial charge in [0.2, 0.25) is 0 Å². The van der Waals surface area contributed by atoms with Crippen LogP contribution in [0.3, 0.4) is 0 Å². The summed E-state index contributed by atoms with van der Waals surface area (Å²) in [5.41, 5.74) is 5.13. The fourth-order valence-corrected chi connectivity index (χ4v) is 1.28. The lowest BCUT2D eigenvalue weighted by Gasteiger charge is -2.23. The lowest BCUT2D eigenvalue weighted by molar-refractivity contribution is -0.168. The maximum absolute atomic E-state index is 9.49. The minimum Gasteiger partial charge on any atom is -0.368 e. The van der Waals surface area contributed by atoms with Crippen LogP contribution in [0.2, 0.25) is 0 Å². The van der Waals surface area contributed by atoms with Gasteiger partial charge in [-0.05, 0) is 46.6 Å². The Bertz CT molecular complexity index is 132. The molecule has 0 aliphatic rings. The molecule has 0 aliphatic heterocycles. The Kier molecular flexibility index (Phi) is 7.15. The number of rotatable bonds is 7. The van der Waals surface area contributed by atoms with Gasteiger partial charge in [-0.15, -0.1) is 0 Å². The number of unbranched alkanes of at least 4 members (excludes halogenated alkanes) is 3. The van der Waals surface area contributed by atoms with E-state index in [1.807, 2.05) is 20.8 Å². The summed E-state index contributed by atoms with van der Waals surface area (Å²) in [4.78, 5) is 0. The number of hydrogen-bond acceptors (Lipinski definition) is 3. The summed E-state index contributed by atoms with van der Waals surface area (Å²) in [6, 6.07) is 0. The van der Waals surface area contributed by atoms with E-state index in [9.17, 15) is 5.11 Å². The Morgan fingerprint density at radius 2 is 1.71 bits per heavy atom. The quantitative estimate of drug-likeness (QED) is 0.491. The maximum atomic E-state index is 9.49. The van der Waals surface area contributed by atoms with Gasteiger partial charge >= 0.3 is 0 Å². The van der Waals surface area contributed by atoms with Crippen molar-refractivity contribution >= 4 is 0 Å². The molecule has 0 fully saturated rings. The molecule has 0 amide bonds. The number of ether oxygens (including phenoxy) is 1. The zero-order chi connectivity index (χ0) is 11.0. The molecule has 0 bridgehead atoms. The zero-order valence-corrected chi connectivity index (χ0v) is 9.75. The van der Waals surface area contributed by atoms with Crippen molar-refractivity contribution in [1.82, 2.24) is 0 Å². The molecular weight excluding hydrogens is 178 g/mol. The van der Waals surface area contributed by atoms with Crippen molar-refractivity contribution in [2.45, 2.75) is 64.8 Å². The first kappa shape index (κ1) is 13.9. The van der Waals surface area contributed by atoms with Crippen molar-refractivity contribution in [3.8, 4) is 0 Å². The predicted molar refractivity (Wildman–Crippen MR) is 59.0 cm³/mol. The molecular formula is C11H25NO2. The molecule has 0 aromatic rings. The standard InChI is InChI=1S/C11H25NO2/c1-11(2,3)14-10(13)8-6-4-5-7-9-12/h10,13H,4-9,12H2,1-3H3. The largest absolute Gasteiger partial charge is 0.368 e. The van der Waals surface area contributed by atoms with E-state index in [1.54, 1.807) is 0 Å². The molecule has 0 saturated heterocycles. The van der Waals surface area contributed by atoms with Crippen molar-refractivity contribution < 1.29 is 9.84 Å². The minimum atomic E-state index is -0.618. The molecule has 1 unspecified atom stereocenters. The van der Waals surface area contributed by atoms with E-state index in [0.29, 0.717) is 0 Å². The highest BCUT2D eigenvalue weighted by Gasteiger charge is 2.15. The Balaban J connectivity index is 3.31. The Labute approximate surface area is 87.6 Å². The molecule has 0 saturated carbocycles. The molecule has 3 nitrogen and oxygen atoms in total. The first-order valence-corrected chi connectivity index (χ1v) is 5.51. The van der Waals surface area contributed by atoms with Crippen molar-refractivity contribution in [2.75, 3.05) is 6.54 Å². The molecule has 3 N–H and O–H groups in total. The number of nitrogens with two attached hydrogens (primary N) is 1. The van der Waals surface area contributed by atoms with Crippen LogP contribution in [0.4, 0.5) is 0 Å². The van der Waals surface area contributed by atoms with Crippen molar-refractivity contribution in [1.29, 1.82) is 0 Å². The average Bonchev–Trinajstić information content (AvgIpc) is 2.00. The molecule has 0 aromatic carbocycles. The van der Waals surface area contributed by atoms with Crippen molar-refractivity contribution in [3.63, 3.8) is 0 Å². The van der Waals surface area contributed by atoms with Gasteiger partial charge in [-0.2, -0.15) is 0 Å². The van der Waals surface area contributed by atoms with Gasteiger partial charge in [0.25, 0.3) is 0 Å². The summed E-state index contributed by atoms with van der Waals surface area (Å²) >= 11 is 0. The van der Waals surface area contributed by atoms with Crippen LogP contribution >= 0.6 is 0 Å². The SMILES string of the molecule is CC(C)(C)OC(O)CCCCCCN. The molecule has 0 spiro atoms. The first-order chi connectivity index (χ1) is 6.45. The van der Waals surface area contributed by atoms with Crippen LogP contribution in [-0.4, -0.2) is 23.5 Å². The molecule has 0 aliphatic carbocycles. The minimum absolute atomic E-state index is 0.253. The van der Waals surface area contributed by atoms with E-state index in [2.05, 4.69) is 0 Å². The van der Waals surface area contributed by atoms with Gasteiger partial charge in [0, 0.05) is 0 Å². The molecule has 3 heteroatoms. The maximum Gasteiger partial charge on any atom is 0.155 e. The summed E-state index contributed by atoms with van der Waals surface area (Å²) in [6.45, 7) is 6.61. The predicted octanol–water partition coefficient (Wildman–Crippen LogP) is 2.03. The molecule has 0 aromatic heterocycles. The lowest BCUT2D eigenvalue weighted by atomic mass is 10.1. The molecule has 0 heterocycles. The first-order valence-electron chi connectivity index (χ1n) is 5.51. The summed E-state index contributed by atoms with van der Waals surface area (Å²) in [5.74, 6) is 0. The molecule has 86 valence electrons.